The molecule has 1 aromatic rings. The molecule has 0 saturated heterocycles. The molecule has 6 heteroatoms. The van der Waals surface area contributed by atoms with Gasteiger partial charge < -0.3 is 10.0 Å². The minimum atomic E-state index is -0.842. The number of carbonyl (C=O) groups excluding carboxylic acids is 1. The lowest BCUT2D eigenvalue weighted by atomic mass is 9.78. The van der Waals surface area contributed by atoms with Crippen LogP contribution in [0, 0.1) is 18.8 Å². The molecule has 0 radical (unpaired) electrons. The Bertz CT molecular complexity index is 500. The predicted molar refractivity (Wildman–Crippen MR) is 76.4 cm³/mol. The molecule has 5 nitrogen and oxygen atoms in total. The van der Waals surface area contributed by atoms with E-state index in [0.717, 1.165) is 23.4 Å². The fourth-order valence-corrected chi connectivity index (χ4v) is 3.61. The maximum atomic E-state index is 12.5. The highest BCUT2D eigenvalue weighted by atomic mass is 32.1. The summed E-state index contributed by atoms with van der Waals surface area (Å²) in [5.41, 5.74) is 2.71. The lowest BCUT2D eigenvalue weighted by molar-refractivity contribution is -0.152. The monoisotopic (exact) mass is 296 g/mol. The normalized spacial score (nSPS) is 22.5. The van der Waals surface area contributed by atoms with E-state index in [1.54, 1.807) is 17.5 Å². The maximum absolute atomic E-state index is 12.5. The molecular weight excluding hydrogens is 276 g/mol. The minimum absolute atomic E-state index is 0.0510. The van der Waals surface area contributed by atoms with Gasteiger partial charge in [0.05, 0.1) is 29.6 Å². The highest BCUT2D eigenvalue weighted by Gasteiger charge is 2.37. The van der Waals surface area contributed by atoms with E-state index in [2.05, 4.69) is 4.98 Å². The summed E-state index contributed by atoms with van der Waals surface area (Å²) < 4.78 is 0. The largest absolute Gasteiger partial charge is 0.481 e. The number of carbonyl (C=O) groups is 2. The van der Waals surface area contributed by atoms with Gasteiger partial charge in [-0.25, -0.2) is 4.98 Å². The summed E-state index contributed by atoms with van der Waals surface area (Å²) in [7, 11) is 1.75. The zero-order chi connectivity index (χ0) is 14.7. The number of rotatable bonds is 4. The Morgan fingerprint density at radius 2 is 2.05 bits per heavy atom. The number of thiazole rings is 1. The van der Waals surface area contributed by atoms with Crippen LogP contribution in [0.25, 0.3) is 0 Å². The first-order valence-corrected chi connectivity index (χ1v) is 7.75. The van der Waals surface area contributed by atoms with Crippen LogP contribution >= 0.6 is 11.3 Å². The van der Waals surface area contributed by atoms with E-state index in [4.69, 9.17) is 0 Å². The Hall–Kier alpha value is -1.43. The molecule has 2 atom stereocenters. The Morgan fingerprint density at radius 1 is 1.40 bits per heavy atom. The van der Waals surface area contributed by atoms with Crippen LogP contribution < -0.4 is 0 Å². The number of carboxylic acids is 1. The lowest BCUT2D eigenvalue weighted by Crippen LogP contribution is -2.40. The number of hydrogen-bond donors (Lipinski definition) is 1. The van der Waals surface area contributed by atoms with Gasteiger partial charge in [0.2, 0.25) is 5.91 Å². The summed E-state index contributed by atoms with van der Waals surface area (Å²) in [5, 5.41) is 9.26. The molecule has 110 valence electrons. The molecule has 1 saturated carbocycles. The van der Waals surface area contributed by atoms with Gasteiger partial charge in [-0.1, -0.05) is 12.8 Å². The Kier molecular flexibility index (Phi) is 4.75. The minimum Gasteiger partial charge on any atom is -0.481 e. The quantitative estimate of drug-likeness (QED) is 0.925. The van der Waals surface area contributed by atoms with Gasteiger partial charge in [0.25, 0.3) is 0 Å². The van der Waals surface area contributed by atoms with Gasteiger partial charge in [-0.05, 0) is 19.8 Å². The third-order valence-electron chi connectivity index (χ3n) is 4.00. The first-order chi connectivity index (χ1) is 9.50. The fourth-order valence-electron chi connectivity index (χ4n) is 2.78. The van der Waals surface area contributed by atoms with E-state index in [-0.39, 0.29) is 11.8 Å². The van der Waals surface area contributed by atoms with Crippen LogP contribution in [0.2, 0.25) is 0 Å². The second-order valence-corrected chi connectivity index (χ2v) is 6.33. The van der Waals surface area contributed by atoms with Gasteiger partial charge in [-0.3, -0.25) is 9.59 Å². The highest BCUT2D eigenvalue weighted by Crippen LogP contribution is 2.32. The van der Waals surface area contributed by atoms with Crippen LogP contribution in [0.5, 0.6) is 0 Å². The SMILES string of the molecule is Cc1ncsc1CN(C)C(=O)C1CCCCC1C(=O)O. The van der Waals surface area contributed by atoms with Crippen molar-refractivity contribution in [2.75, 3.05) is 7.05 Å². The molecule has 0 aromatic carbocycles. The molecule has 2 unspecified atom stereocenters. The second kappa shape index (κ2) is 6.35. The highest BCUT2D eigenvalue weighted by molar-refractivity contribution is 7.09. The Morgan fingerprint density at radius 3 is 2.60 bits per heavy atom. The van der Waals surface area contributed by atoms with Crippen molar-refractivity contribution in [3.05, 3.63) is 16.1 Å². The summed E-state index contributed by atoms with van der Waals surface area (Å²) in [6.45, 7) is 2.43. The lowest BCUT2D eigenvalue weighted by Gasteiger charge is -2.30. The Labute approximate surface area is 122 Å². The third-order valence-corrected chi connectivity index (χ3v) is 4.92. The molecule has 1 fully saturated rings. The number of hydrogen-bond acceptors (Lipinski definition) is 4. The molecule has 1 amide bonds. The van der Waals surface area contributed by atoms with Crippen molar-refractivity contribution in [1.82, 2.24) is 9.88 Å². The van der Waals surface area contributed by atoms with Crippen molar-refractivity contribution < 1.29 is 14.7 Å². The number of nitrogens with zero attached hydrogens (tertiary/aromatic N) is 2. The van der Waals surface area contributed by atoms with E-state index < -0.39 is 11.9 Å². The zero-order valence-corrected chi connectivity index (χ0v) is 12.7. The van der Waals surface area contributed by atoms with Crippen molar-refractivity contribution in [3.63, 3.8) is 0 Å². The third kappa shape index (κ3) is 3.17. The first-order valence-electron chi connectivity index (χ1n) is 6.87. The van der Waals surface area contributed by atoms with Crippen molar-refractivity contribution in [1.29, 1.82) is 0 Å². The van der Waals surface area contributed by atoms with E-state index in [0.29, 0.717) is 19.4 Å². The first kappa shape index (κ1) is 15.0. The number of aromatic nitrogens is 1. The molecule has 0 bridgehead atoms. The van der Waals surface area contributed by atoms with Gasteiger partial charge in [0.15, 0.2) is 0 Å². The smallest absolute Gasteiger partial charge is 0.307 e. The van der Waals surface area contributed by atoms with E-state index in [1.807, 2.05) is 6.92 Å². The number of aryl methyl sites for hydroxylation is 1. The molecule has 1 aliphatic carbocycles. The van der Waals surface area contributed by atoms with Crippen LogP contribution in [-0.2, 0) is 16.1 Å². The van der Waals surface area contributed by atoms with Crippen LogP contribution in [0.4, 0.5) is 0 Å². The summed E-state index contributed by atoms with van der Waals surface area (Å²) >= 11 is 1.53. The fraction of sp³-hybridized carbons (Fsp3) is 0.643. The second-order valence-electron chi connectivity index (χ2n) is 5.39. The molecule has 1 N–H and O–H groups in total. The van der Waals surface area contributed by atoms with Crippen molar-refractivity contribution in [2.45, 2.75) is 39.2 Å². The van der Waals surface area contributed by atoms with Crippen molar-refractivity contribution in [2.24, 2.45) is 11.8 Å². The van der Waals surface area contributed by atoms with Gasteiger partial charge in [0.1, 0.15) is 0 Å². The van der Waals surface area contributed by atoms with Gasteiger partial charge in [-0.15, -0.1) is 11.3 Å². The van der Waals surface area contributed by atoms with E-state index >= 15 is 0 Å². The standard InChI is InChI=1S/C14H20N2O3S/c1-9-12(20-8-15-9)7-16(2)13(17)10-5-3-4-6-11(10)14(18)19/h8,10-11H,3-7H2,1-2H3,(H,18,19). The molecule has 1 aromatic heterocycles. The number of aliphatic carboxylic acids is 1. The van der Waals surface area contributed by atoms with E-state index in [1.165, 1.54) is 11.3 Å². The topological polar surface area (TPSA) is 70.5 Å². The van der Waals surface area contributed by atoms with Crippen molar-refractivity contribution in [3.8, 4) is 0 Å². The van der Waals surface area contributed by atoms with Gasteiger partial charge in [-0.2, -0.15) is 0 Å². The van der Waals surface area contributed by atoms with Crippen LogP contribution in [0.3, 0.4) is 0 Å². The average Bonchev–Trinajstić information content (AvgIpc) is 2.83. The van der Waals surface area contributed by atoms with Gasteiger partial charge >= 0.3 is 5.97 Å². The number of carboxylic acid groups (broad SMARTS) is 1. The molecule has 0 spiro atoms. The van der Waals surface area contributed by atoms with Crippen LogP contribution in [-0.4, -0.2) is 33.9 Å². The molecule has 0 aliphatic heterocycles. The summed E-state index contributed by atoms with van der Waals surface area (Å²) in [6.07, 6.45) is 3.13. The summed E-state index contributed by atoms with van der Waals surface area (Å²) in [4.78, 5) is 30.7. The van der Waals surface area contributed by atoms with Crippen molar-refractivity contribution >= 4 is 23.2 Å². The average molecular weight is 296 g/mol. The predicted octanol–water partition coefficient (Wildman–Crippen LogP) is 2.30. The van der Waals surface area contributed by atoms with E-state index in [9.17, 15) is 14.7 Å². The molecule has 1 aliphatic rings. The summed E-state index contributed by atoms with van der Waals surface area (Å²) in [6, 6.07) is 0. The molecular formula is C14H20N2O3S. The molecule has 2 rings (SSSR count). The molecule has 1 heterocycles. The zero-order valence-electron chi connectivity index (χ0n) is 11.8. The number of amides is 1. The summed E-state index contributed by atoms with van der Waals surface area (Å²) in [5.74, 6) is -1.80. The van der Waals surface area contributed by atoms with Gasteiger partial charge in [0, 0.05) is 11.9 Å². The van der Waals surface area contributed by atoms with Crippen LogP contribution in [0.15, 0.2) is 5.51 Å². The Balaban J connectivity index is 2.05. The van der Waals surface area contributed by atoms with Crippen LogP contribution in [0.1, 0.15) is 36.3 Å². The molecule has 20 heavy (non-hydrogen) atoms. The maximum Gasteiger partial charge on any atom is 0.307 e.